The number of nitrogens with zero attached hydrogens (tertiary/aromatic N) is 1. The van der Waals surface area contributed by atoms with Crippen molar-refractivity contribution in [3.8, 4) is 0 Å². The Labute approximate surface area is 226 Å². The molecule has 0 radical (unpaired) electrons. The number of rotatable bonds is 18. The normalized spacial score (nSPS) is 19.6. The lowest BCUT2D eigenvalue weighted by atomic mass is 9.87. The first-order valence-corrected chi connectivity index (χ1v) is 13.9. The zero-order valence-corrected chi connectivity index (χ0v) is 22.8. The molecular weight excluding hydrogens is 488 g/mol. The summed E-state index contributed by atoms with van der Waals surface area (Å²) in [5, 5.41) is 22.3. The van der Waals surface area contributed by atoms with Gasteiger partial charge in [0.25, 0.3) is 5.09 Å². The van der Waals surface area contributed by atoms with Crippen molar-refractivity contribution >= 4 is 11.9 Å². The molecule has 9 heteroatoms. The smallest absolute Gasteiger partial charge is 0.328 e. The molecule has 1 fully saturated rings. The number of aliphatic hydroxyl groups excluding tert-OH is 1. The number of ether oxygens (including phenoxy) is 1. The first-order chi connectivity index (χ1) is 18.2. The third-order valence-corrected chi connectivity index (χ3v) is 7.14. The van der Waals surface area contributed by atoms with Crippen molar-refractivity contribution in [1.29, 1.82) is 0 Å². The molecule has 5 unspecified atom stereocenters. The van der Waals surface area contributed by atoms with Crippen molar-refractivity contribution < 1.29 is 29.4 Å². The van der Waals surface area contributed by atoms with Crippen LogP contribution in [0.15, 0.2) is 42.5 Å². The number of aryl methyl sites for hydroxylation is 1. The van der Waals surface area contributed by atoms with Crippen LogP contribution in [-0.2, 0) is 25.6 Å². The predicted molar refractivity (Wildman–Crippen MR) is 145 cm³/mol. The topological polar surface area (TPSA) is 128 Å². The van der Waals surface area contributed by atoms with Crippen LogP contribution >= 0.6 is 0 Å². The van der Waals surface area contributed by atoms with Crippen molar-refractivity contribution in [3.63, 3.8) is 0 Å². The second-order valence-electron chi connectivity index (χ2n) is 10.4. The molecule has 1 aromatic carbocycles. The highest BCUT2D eigenvalue weighted by Crippen LogP contribution is 2.37. The number of allylic oxidation sites excluding steroid dienone is 2. The molecule has 9 nitrogen and oxygen atoms in total. The van der Waals surface area contributed by atoms with Crippen molar-refractivity contribution in [2.45, 2.75) is 103 Å². The van der Waals surface area contributed by atoms with E-state index in [1.807, 2.05) is 18.2 Å². The molecule has 2 rings (SSSR count). The third-order valence-electron chi connectivity index (χ3n) is 7.14. The maximum Gasteiger partial charge on any atom is 0.328 e. The summed E-state index contributed by atoms with van der Waals surface area (Å²) in [4.78, 5) is 38.5. The van der Waals surface area contributed by atoms with Gasteiger partial charge in [0.05, 0.1) is 6.10 Å². The number of aliphatic hydroxyl groups is 1. The van der Waals surface area contributed by atoms with E-state index in [0.717, 1.165) is 38.5 Å². The monoisotopic (exact) mass is 532 g/mol. The highest BCUT2D eigenvalue weighted by atomic mass is 17.0. The summed E-state index contributed by atoms with van der Waals surface area (Å²) >= 11 is 0. The minimum absolute atomic E-state index is 0.237. The van der Waals surface area contributed by atoms with E-state index in [0.29, 0.717) is 24.7 Å². The number of hydrogen-bond donors (Lipinski definition) is 2. The van der Waals surface area contributed by atoms with E-state index in [4.69, 9.17) is 4.74 Å². The minimum Gasteiger partial charge on any atom is -0.459 e. The van der Waals surface area contributed by atoms with Crippen LogP contribution in [0.5, 0.6) is 0 Å². The van der Waals surface area contributed by atoms with Gasteiger partial charge in [-0.05, 0) is 82.6 Å². The molecule has 1 aromatic rings. The number of esters is 1. The molecule has 1 saturated carbocycles. The fraction of sp³-hybridized carbons (Fsp3) is 0.655. The third kappa shape index (κ3) is 13.0. The van der Waals surface area contributed by atoms with Crippen LogP contribution in [0.4, 0.5) is 0 Å². The van der Waals surface area contributed by atoms with Gasteiger partial charge in [-0.2, -0.15) is 0 Å². The van der Waals surface area contributed by atoms with Gasteiger partial charge in [0, 0.05) is 6.42 Å². The number of nitrogens with one attached hydrogen (secondary N) is 1. The lowest BCUT2D eigenvalue weighted by Crippen LogP contribution is -2.41. The van der Waals surface area contributed by atoms with Gasteiger partial charge in [0.1, 0.15) is 18.8 Å². The van der Waals surface area contributed by atoms with E-state index in [1.54, 1.807) is 0 Å². The summed E-state index contributed by atoms with van der Waals surface area (Å²) in [6.07, 6.45) is 13.5. The minimum atomic E-state index is -0.948. The Hall–Kier alpha value is -2.94. The molecule has 212 valence electrons. The molecule has 1 aliphatic carbocycles. The molecule has 0 heterocycles. The van der Waals surface area contributed by atoms with Gasteiger partial charge < -0.3 is 20.0 Å². The Bertz CT molecular complexity index is 877. The fourth-order valence-corrected chi connectivity index (χ4v) is 4.97. The van der Waals surface area contributed by atoms with Gasteiger partial charge in [-0.3, -0.25) is 4.79 Å². The molecule has 0 saturated heterocycles. The zero-order valence-electron chi connectivity index (χ0n) is 22.8. The van der Waals surface area contributed by atoms with E-state index < -0.39 is 23.2 Å². The highest BCUT2D eigenvalue weighted by molar-refractivity contribution is 5.84. The summed E-state index contributed by atoms with van der Waals surface area (Å²) < 4.78 is 5.03. The van der Waals surface area contributed by atoms with Gasteiger partial charge in [0.2, 0.25) is 5.91 Å². The summed E-state index contributed by atoms with van der Waals surface area (Å²) in [7, 11) is 0. The first-order valence-electron chi connectivity index (χ1n) is 13.9. The average molecular weight is 533 g/mol. The van der Waals surface area contributed by atoms with Crippen molar-refractivity contribution in [3.05, 3.63) is 58.2 Å². The van der Waals surface area contributed by atoms with E-state index in [9.17, 15) is 24.8 Å². The number of hydrogen-bond acceptors (Lipinski definition) is 7. The van der Waals surface area contributed by atoms with Gasteiger partial charge in [-0.25, -0.2) is 4.79 Å². The van der Waals surface area contributed by atoms with Crippen LogP contribution in [-0.4, -0.2) is 46.9 Å². The standard InChI is InChI=1S/C29H44N2O7/c1-22(21-37-31(35)36)38-29(34)23(2)30-28(33)16-9-4-3-8-13-25-14-10-15-26(25)18-20-27(32)19-17-24-11-6-5-7-12-24/h3,5-8,11-12,22-23,25-27,32H,4,9-10,13-21H2,1-2H3,(H,30,33)/b8-3-. The number of unbranched alkanes of at least 4 members (excludes halogenated alkanes) is 1. The molecule has 0 aromatic heterocycles. The Morgan fingerprint density at radius 1 is 1.16 bits per heavy atom. The quantitative estimate of drug-likeness (QED) is 0.0901. The van der Waals surface area contributed by atoms with Crippen LogP contribution in [0, 0.1) is 22.0 Å². The molecule has 5 atom stereocenters. The lowest BCUT2D eigenvalue weighted by molar-refractivity contribution is -0.759. The van der Waals surface area contributed by atoms with Gasteiger partial charge in [-0.15, -0.1) is 10.1 Å². The van der Waals surface area contributed by atoms with E-state index in [1.165, 1.54) is 38.7 Å². The molecule has 1 amide bonds. The van der Waals surface area contributed by atoms with Crippen molar-refractivity contribution in [2.75, 3.05) is 6.61 Å². The molecule has 0 aliphatic heterocycles. The molecule has 1 aliphatic rings. The SMILES string of the molecule is CC(CO[N+](=O)[O-])OC(=O)C(C)NC(=O)CCC/C=C\CC1CCCC1CCC(O)CCc1ccccc1. The van der Waals surface area contributed by atoms with Crippen molar-refractivity contribution in [2.24, 2.45) is 11.8 Å². The van der Waals surface area contributed by atoms with Crippen LogP contribution in [0.2, 0.25) is 0 Å². The van der Waals surface area contributed by atoms with Gasteiger partial charge >= 0.3 is 5.97 Å². The predicted octanol–water partition coefficient (Wildman–Crippen LogP) is 4.94. The van der Waals surface area contributed by atoms with Crippen LogP contribution in [0.1, 0.15) is 83.6 Å². The van der Waals surface area contributed by atoms with Crippen LogP contribution in [0.25, 0.3) is 0 Å². The molecule has 2 N–H and O–H groups in total. The second-order valence-corrected chi connectivity index (χ2v) is 10.4. The van der Waals surface area contributed by atoms with Crippen LogP contribution in [0.3, 0.4) is 0 Å². The Balaban J connectivity index is 1.56. The zero-order chi connectivity index (χ0) is 27.8. The molecule has 0 bridgehead atoms. The maximum atomic E-state index is 12.1. The number of carbonyl (C=O) groups excluding carboxylic acids is 2. The summed E-state index contributed by atoms with van der Waals surface area (Å²) in [6.45, 7) is 2.64. The maximum absolute atomic E-state index is 12.1. The van der Waals surface area contributed by atoms with Gasteiger partial charge in [0.15, 0.2) is 0 Å². The Kier molecular flexibility index (Phi) is 14.4. The molecular formula is C29H44N2O7. The van der Waals surface area contributed by atoms with Crippen molar-refractivity contribution in [1.82, 2.24) is 5.32 Å². The molecule has 0 spiro atoms. The summed E-state index contributed by atoms with van der Waals surface area (Å²) in [5.41, 5.74) is 1.28. The Morgan fingerprint density at radius 3 is 2.63 bits per heavy atom. The average Bonchev–Trinajstić information content (AvgIpc) is 3.34. The second kappa shape index (κ2) is 17.5. The summed E-state index contributed by atoms with van der Waals surface area (Å²) in [5.74, 6) is 0.444. The highest BCUT2D eigenvalue weighted by Gasteiger charge is 2.26. The summed E-state index contributed by atoms with van der Waals surface area (Å²) in [6, 6.07) is 9.47. The first kappa shape index (κ1) is 31.3. The molecule has 38 heavy (non-hydrogen) atoms. The number of carbonyl (C=O) groups is 2. The fourth-order valence-electron chi connectivity index (χ4n) is 4.97. The number of benzene rings is 1. The van der Waals surface area contributed by atoms with Crippen LogP contribution < -0.4 is 5.32 Å². The van der Waals surface area contributed by atoms with Gasteiger partial charge in [-0.1, -0.05) is 55.3 Å². The lowest BCUT2D eigenvalue weighted by Gasteiger charge is -2.20. The van der Waals surface area contributed by atoms with E-state index in [-0.39, 0.29) is 18.6 Å². The number of amides is 1. The largest absolute Gasteiger partial charge is 0.459 e. The van der Waals surface area contributed by atoms with E-state index in [2.05, 4.69) is 34.4 Å². The van der Waals surface area contributed by atoms with E-state index >= 15 is 0 Å². The Morgan fingerprint density at radius 2 is 1.89 bits per heavy atom.